The number of benzene rings is 2. The quantitative estimate of drug-likeness (QED) is 0.331. The highest BCUT2D eigenvalue weighted by molar-refractivity contribution is 5.95. The van der Waals surface area contributed by atoms with Gasteiger partial charge in [-0.25, -0.2) is 0 Å². The fourth-order valence-corrected chi connectivity index (χ4v) is 2.41. The first kappa shape index (κ1) is 23.1. The lowest BCUT2D eigenvalue weighted by Crippen LogP contribution is -2.22. The molecule has 11 nitrogen and oxygen atoms in total. The number of amides is 2. The summed E-state index contributed by atoms with van der Waals surface area (Å²) in [5.74, 6) is -0.851. The number of carbonyl (C=O) groups excluding carboxylic acids is 3. The van der Waals surface area contributed by atoms with E-state index in [2.05, 4.69) is 10.6 Å². The fourth-order valence-electron chi connectivity index (χ4n) is 2.41. The molecule has 0 aliphatic rings. The lowest BCUT2D eigenvalue weighted by Gasteiger charge is -2.11. The minimum atomic E-state index is -0.726. The van der Waals surface area contributed by atoms with Crippen molar-refractivity contribution < 1.29 is 33.5 Å². The van der Waals surface area contributed by atoms with E-state index in [1.54, 1.807) is 18.2 Å². The smallest absolute Gasteiger partial charge is 0.306 e. The molecule has 0 radical (unpaired) electrons. The molecule has 0 aliphatic heterocycles. The van der Waals surface area contributed by atoms with Crippen LogP contribution in [0.4, 0.5) is 17.1 Å². The van der Waals surface area contributed by atoms with Crippen molar-refractivity contribution in [1.82, 2.24) is 0 Å². The Morgan fingerprint density at radius 3 is 2.26 bits per heavy atom. The number of ether oxygens (including phenoxy) is 3. The van der Waals surface area contributed by atoms with Gasteiger partial charge in [0.1, 0.15) is 11.5 Å². The van der Waals surface area contributed by atoms with Gasteiger partial charge in [-0.05, 0) is 24.3 Å². The van der Waals surface area contributed by atoms with Crippen molar-refractivity contribution in [3.8, 4) is 11.5 Å². The fraction of sp³-hybridized carbons (Fsp3) is 0.250. The van der Waals surface area contributed by atoms with Crippen LogP contribution in [0.2, 0.25) is 0 Å². The molecular formula is C20H21N3O8. The Morgan fingerprint density at radius 1 is 0.935 bits per heavy atom. The second-order valence-electron chi connectivity index (χ2n) is 6.13. The molecule has 0 bridgehead atoms. The average Bonchev–Trinajstić information content (AvgIpc) is 2.76. The maximum absolute atomic E-state index is 12.0. The van der Waals surface area contributed by atoms with E-state index in [4.69, 9.17) is 14.2 Å². The van der Waals surface area contributed by atoms with Gasteiger partial charge in [0.2, 0.25) is 5.91 Å². The minimum absolute atomic E-state index is 0.105. The first-order chi connectivity index (χ1) is 14.8. The van der Waals surface area contributed by atoms with Crippen molar-refractivity contribution in [2.75, 3.05) is 31.5 Å². The zero-order valence-electron chi connectivity index (χ0n) is 16.9. The highest BCUT2D eigenvalue weighted by Gasteiger charge is 2.13. The van der Waals surface area contributed by atoms with Crippen molar-refractivity contribution in [3.05, 3.63) is 52.6 Å². The van der Waals surface area contributed by atoms with Gasteiger partial charge in [-0.2, -0.15) is 0 Å². The average molecular weight is 431 g/mol. The maximum atomic E-state index is 12.0. The molecule has 2 aromatic carbocycles. The molecule has 0 saturated carbocycles. The molecule has 0 fully saturated rings. The monoisotopic (exact) mass is 431 g/mol. The summed E-state index contributed by atoms with van der Waals surface area (Å²) in [7, 11) is 2.94. The Bertz CT molecular complexity index is 959. The van der Waals surface area contributed by atoms with E-state index < -0.39 is 29.3 Å². The molecule has 2 rings (SSSR count). The molecule has 2 aromatic rings. The second-order valence-corrected chi connectivity index (χ2v) is 6.13. The normalized spacial score (nSPS) is 10.0. The molecular weight excluding hydrogens is 410 g/mol. The van der Waals surface area contributed by atoms with Crippen LogP contribution in [-0.2, 0) is 19.1 Å². The minimum Gasteiger partial charge on any atom is -0.497 e. The van der Waals surface area contributed by atoms with Crippen molar-refractivity contribution >= 4 is 34.8 Å². The van der Waals surface area contributed by atoms with Crippen molar-refractivity contribution in [2.45, 2.75) is 12.8 Å². The Labute approximate surface area is 177 Å². The molecule has 31 heavy (non-hydrogen) atoms. The molecule has 0 atom stereocenters. The first-order valence-electron chi connectivity index (χ1n) is 9.04. The van der Waals surface area contributed by atoms with Gasteiger partial charge in [-0.1, -0.05) is 0 Å². The van der Waals surface area contributed by atoms with Crippen LogP contribution >= 0.6 is 0 Å². The summed E-state index contributed by atoms with van der Waals surface area (Å²) < 4.78 is 15.1. The molecule has 0 unspecified atom stereocenters. The third-order valence-electron chi connectivity index (χ3n) is 3.97. The van der Waals surface area contributed by atoms with Gasteiger partial charge in [0, 0.05) is 30.3 Å². The lowest BCUT2D eigenvalue weighted by molar-refractivity contribution is -0.384. The van der Waals surface area contributed by atoms with Crippen molar-refractivity contribution in [3.63, 3.8) is 0 Å². The van der Waals surface area contributed by atoms with Crippen molar-refractivity contribution in [2.24, 2.45) is 0 Å². The molecule has 11 heteroatoms. The van der Waals surface area contributed by atoms with Gasteiger partial charge in [0.15, 0.2) is 6.61 Å². The SMILES string of the molecule is COc1ccc(NC(=O)COC(=O)CCC(=O)Nc2ccc([N+](=O)[O-])cc2)c(OC)c1. The van der Waals surface area contributed by atoms with Crippen LogP contribution in [0.1, 0.15) is 12.8 Å². The summed E-state index contributed by atoms with van der Waals surface area (Å²) in [6, 6.07) is 10.1. The van der Waals surface area contributed by atoms with Gasteiger partial charge >= 0.3 is 5.97 Å². The summed E-state index contributed by atoms with van der Waals surface area (Å²) in [5, 5.41) is 15.7. The van der Waals surface area contributed by atoms with Crippen LogP contribution in [0.25, 0.3) is 0 Å². The van der Waals surface area contributed by atoms with E-state index in [9.17, 15) is 24.5 Å². The number of nitrogens with zero attached hydrogens (tertiary/aromatic N) is 1. The third kappa shape index (κ3) is 7.31. The molecule has 164 valence electrons. The number of carbonyl (C=O) groups is 3. The second kappa shape index (κ2) is 11.1. The summed E-state index contributed by atoms with van der Waals surface area (Å²) in [5.41, 5.74) is 0.635. The van der Waals surface area contributed by atoms with E-state index >= 15 is 0 Å². The highest BCUT2D eigenvalue weighted by Crippen LogP contribution is 2.28. The van der Waals surface area contributed by atoms with Crippen LogP contribution in [0.3, 0.4) is 0 Å². The number of hydrogen-bond acceptors (Lipinski definition) is 8. The number of nitro benzene ring substituents is 1. The molecule has 0 aromatic heterocycles. The topological polar surface area (TPSA) is 146 Å². The number of non-ortho nitro benzene ring substituents is 1. The number of rotatable bonds is 10. The van der Waals surface area contributed by atoms with Gasteiger partial charge in [0.05, 0.1) is 31.3 Å². The molecule has 2 amide bonds. The number of nitro groups is 1. The Balaban J connectivity index is 1.74. The predicted molar refractivity (Wildman–Crippen MR) is 110 cm³/mol. The Hall–Kier alpha value is -4.15. The molecule has 0 spiro atoms. The number of hydrogen-bond donors (Lipinski definition) is 2. The van der Waals surface area contributed by atoms with Crippen LogP contribution in [0.5, 0.6) is 11.5 Å². The largest absolute Gasteiger partial charge is 0.497 e. The van der Waals surface area contributed by atoms with Crippen LogP contribution in [0, 0.1) is 10.1 Å². The first-order valence-corrected chi connectivity index (χ1v) is 9.04. The number of anilines is 2. The number of nitrogens with one attached hydrogen (secondary N) is 2. The molecule has 0 saturated heterocycles. The van der Waals surface area contributed by atoms with E-state index in [1.165, 1.54) is 38.5 Å². The van der Waals surface area contributed by atoms with Crippen LogP contribution in [-0.4, -0.2) is 43.5 Å². The molecule has 0 heterocycles. The summed E-state index contributed by atoms with van der Waals surface area (Å²) >= 11 is 0. The van der Waals surface area contributed by atoms with Crippen LogP contribution < -0.4 is 20.1 Å². The molecule has 2 N–H and O–H groups in total. The van der Waals surface area contributed by atoms with E-state index in [0.717, 1.165) is 0 Å². The Kier molecular flexibility index (Phi) is 8.31. The highest BCUT2D eigenvalue weighted by atomic mass is 16.6. The van der Waals surface area contributed by atoms with Gasteiger partial charge in [-0.15, -0.1) is 0 Å². The predicted octanol–water partition coefficient (Wildman–Crippen LogP) is 2.51. The van der Waals surface area contributed by atoms with Gasteiger partial charge in [-0.3, -0.25) is 24.5 Å². The zero-order valence-corrected chi connectivity index (χ0v) is 16.9. The van der Waals surface area contributed by atoms with Gasteiger partial charge in [0.25, 0.3) is 11.6 Å². The van der Waals surface area contributed by atoms with E-state index in [1.807, 2.05) is 0 Å². The van der Waals surface area contributed by atoms with Gasteiger partial charge < -0.3 is 24.8 Å². The number of methoxy groups -OCH3 is 2. The number of esters is 1. The molecule has 0 aliphatic carbocycles. The third-order valence-corrected chi connectivity index (χ3v) is 3.97. The lowest BCUT2D eigenvalue weighted by atomic mass is 10.2. The van der Waals surface area contributed by atoms with E-state index in [-0.39, 0.29) is 18.5 Å². The van der Waals surface area contributed by atoms with Crippen LogP contribution in [0.15, 0.2) is 42.5 Å². The Morgan fingerprint density at radius 2 is 1.65 bits per heavy atom. The zero-order chi connectivity index (χ0) is 22.8. The summed E-state index contributed by atoms with van der Waals surface area (Å²) in [6.07, 6.45) is -0.415. The summed E-state index contributed by atoms with van der Waals surface area (Å²) in [6.45, 7) is -0.530. The maximum Gasteiger partial charge on any atom is 0.306 e. The van der Waals surface area contributed by atoms with E-state index in [0.29, 0.717) is 22.9 Å². The standard InChI is InChI=1S/C20H21N3O8/c1-29-15-7-8-16(17(11-15)30-2)22-19(25)12-31-20(26)10-9-18(24)21-13-3-5-14(6-4-13)23(27)28/h3-8,11H,9-10,12H2,1-2H3,(H,21,24)(H,22,25). The van der Waals surface area contributed by atoms with Crippen molar-refractivity contribution in [1.29, 1.82) is 0 Å². The summed E-state index contributed by atoms with van der Waals surface area (Å²) in [4.78, 5) is 45.7.